The van der Waals surface area contributed by atoms with Gasteiger partial charge in [-0.3, -0.25) is 9.69 Å². The van der Waals surface area contributed by atoms with Gasteiger partial charge in [0, 0.05) is 12.6 Å². The van der Waals surface area contributed by atoms with E-state index in [1.165, 1.54) is 30.4 Å². The monoisotopic (exact) mass is 397 g/mol. The van der Waals surface area contributed by atoms with E-state index in [1.54, 1.807) is 7.05 Å². The van der Waals surface area contributed by atoms with Gasteiger partial charge in [-0.1, -0.05) is 38.2 Å². The summed E-state index contributed by atoms with van der Waals surface area (Å²) in [7, 11) is 1.55. The number of rotatable bonds is 5. The van der Waals surface area contributed by atoms with Crippen LogP contribution in [0.2, 0.25) is 0 Å². The Kier molecular flexibility index (Phi) is 5.59. The number of aliphatic imine (C=N–C) groups is 1. The molecule has 0 radical (unpaired) electrons. The molecule has 1 amide bonds. The number of benzene rings is 1. The molecule has 5 nitrogen and oxygen atoms in total. The van der Waals surface area contributed by atoms with Crippen LogP contribution in [0, 0.1) is 12.8 Å². The lowest BCUT2D eigenvalue weighted by Crippen LogP contribution is -2.47. The summed E-state index contributed by atoms with van der Waals surface area (Å²) in [6.07, 6.45) is 1.45. The summed E-state index contributed by atoms with van der Waals surface area (Å²) in [5, 5.41) is 0. The number of halogens is 3. The van der Waals surface area contributed by atoms with Crippen LogP contribution in [0.15, 0.2) is 23.2 Å². The van der Waals surface area contributed by atoms with Gasteiger partial charge in [0.15, 0.2) is 11.5 Å². The Morgan fingerprint density at radius 3 is 2.54 bits per heavy atom. The van der Waals surface area contributed by atoms with Crippen LogP contribution in [-0.4, -0.2) is 36.0 Å². The molecule has 154 valence electrons. The quantitative estimate of drug-likeness (QED) is 0.820. The Morgan fingerprint density at radius 1 is 1.29 bits per heavy atom. The average molecular weight is 397 g/mol. The van der Waals surface area contributed by atoms with E-state index in [4.69, 9.17) is 10.5 Å². The van der Waals surface area contributed by atoms with Crippen LogP contribution in [-0.2, 0) is 11.0 Å². The first-order valence-electron chi connectivity index (χ1n) is 9.57. The molecule has 28 heavy (non-hydrogen) atoms. The van der Waals surface area contributed by atoms with Gasteiger partial charge in [-0.25, -0.2) is 4.99 Å². The fourth-order valence-corrected chi connectivity index (χ4v) is 4.19. The van der Waals surface area contributed by atoms with E-state index in [1.807, 2.05) is 0 Å². The highest BCUT2D eigenvalue weighted by Gasteiger charge is 2.48. The molecule has 1 atom stereocenters. The molecule has 0 aromatic heterocycles. The molecule has 1 unspecified atom stereocenters. The number of carbonyl (C=O) groups excluding carboxylic acids is 1. The van der Waals surface area contributed by atoms with E-state index in [0.29, 0.717) is 12.3 Å². The van der Waals surface area contributed by atoms with Crippen LogP contribution in [0.25, 0.3) is 0 Å². The van der Waals surface area contributed by atoms with Gasteiger partial charge in [-0.2, -0.15) is 13.2 Å². The summed E-state index contributed by atoms with van der Waals surface area (Å²) in [6, 6.07) is 3.80. The number of hydrogen-bond acceptors (Lipinski definition) is 4. The molecule has 1 aliphatic heterocycles. The van der Waals surface area contributed by atoms with Crippen LogP contribution in [0.1, 0.15) is 49.7 Å². The second-order valence-electron chi connectivity index (χ2n) is 7.79. The van der Waals surface area contributed by atoms with Crippen LogP contribution in [0.4, 0.5) is 13.2 Å². The number of hydrogen-bond donors (Lipinski definition) is 1. The first-order chi connectivity index (χ1) is 13.1. The van der Waals surface area contributed by atoms with Crippen molar-refractivity contribution in [2.45, 2.75) is 57.2 Å². The second kappa shape index (κ2) is 7.64. The second-order valence-corrected chi connectivity index (χ2v) is 7.79. The molecule has 1 saturated carbocycles. The molecular weight excluding hydrogens is 371 g/mol. The third kappa shape index (κ3) is 3.95. The molecule has 1 aliphatic carbocycles. The van der Waals surface area contributed by atoms with Crippen LogP contribution in [0.5, 0.6) is 5.75 Å². The molecule has 1 aromatic carbocycles. The summed E-state index contributed by atoms with van der Waals surface area (Å²) in [4.78, 5) is 18.6. The number of carbonyl (C=O) groups is 1. The Balaban J connectivity index is 1.84. The van der Waals surface area contributed by atoms with Gasteiger partial charge in [0.25, 0.3) is 5.91 Å². The zero-order chi connectivity index (χ0) is 20.5. The lowest BCUT2D eigenvalue weighted by molar-refractivity contribution is -0.138. The van der Waals surface area contributed by atoms with E-state index < -0.39 is 17.3 Å². The van der Waals surface area contributed by atoms with E-state index in [2.05, 4.69) is 4.99 Å². The molecule has 0 saturated heterocycles. The molecule has 1 heterocycles. The molecule has 0 spiro atoms. The largest absolute Gasteiger partial charge is 0.490 e. The first kappa shape index (κ1) is 20.5. The van der Waals surface area contributed by atoms with E-state index in [0.717, 1.165) is 31.7 Å². The Morgan fingerprint density at radius 2 is 1.96 bits per heavy atom. The summed E-state index contributed by atoms with van der Waals surface area (Å²) >= 11 is 0. The zero-order valence-corrected chi connectivity index (χ0v) is 16.2. The summed E-state index contributed by atoms with van der Waals surface area (Å²) in [6.45, 7) is 1.24. The van der Waals surface area contributed by atoms with Crippen molar-refractivity contribution >= 4 is 11.9 Å². The predicted octanol–water partition coefficient (Wildman–Crippen LogP) is 3.89. The maximum atomic E-state index is 13.2. The molecule has 2 aliphatic rings. The molecule has 0 bridgehead atoms. The predicted molar refractivity (Wildman–Crippen MR) is 100.0 cm³/mol. The maximum Gasteiger partial charge on any atom is 0.416 e. The number of guanidine groups is 1. The summed E-state index contributed by atoms with van der Waals surface area (Å²) in [5.41, 5.74) is 3.95. The van der Waals surface area contributed by atoms with Crippen molar-refractivity contribution in [1.82, 2.24) is 4.90 Å². The minimum atomic E-state index is -4.46. The fraction of sp³-hybridized carbons (Fsp3) is 0.600. The van der Waals surface area contributed by atoms with Crippen molar-refractivity contribution < 1.29 is 22.7 Å². The van der Waals surface area contributed by atoms with E-state index >= 15 is 0 Å². The molecule has 2 N–H and O–H groups in total. The molecule has 3 rings (SSSR count). The number of nitrogens with two attached hydrogens (primary N) is 1. The first-order valence-corrected chi connectivity index (χ1v) is 9.57. The van der Waals surface area contributed by atoms with Gasteiger partial charge in [-0.05, 0) is 31.4 Å². The van der Waals surface area contributed by atoms with Crippen LogP contribution < -0.4 is 10.5 Å². The summed E-state index contributed by atoms with van der Waals surface area (Å²) < 4.78 is 45.3. The van der Waals surface area contributed by atoms with Gasteiger partial charge in [0.2, 0.25) is 0 Å². The van der Waals surface area contributed by atoms with Gasteiger partial charge < -0.3 is 10.5 Å². The molecular formula is C20H26F3N3O2. The van der Waals surface area contributed by atoms with Crippen molar-refractivity contribution in [2.24, 2.45) is 16.6 Å². The van der Waals surface area contributed by atoms with E-state index in [-0.39, 0.29) is 29.8 Å². The van der Waals surface area contributed by atoms with Crippen molar-refractivity contribution in [3.8, 4) is 5.75 Å². The van der Waals surface area contributed by atoms with E-state index in [9.17, 15) is 18.0 Å². The highest BCUT2D eigenvalue weighted by atomic mass is 19.4. The third-order valence-corrected chi connectivity index (χ3v) is 5.78. The maximum absolute atomic E-state index is 13.2. The number of likely N-dealkylation sites (N-methyl/N-ethyl adjacent to an activating group) is 1. The Labute approximate surface area is 162 Å². The Hall–Kier alpha value is -2.25. The minimum absolute atomic E-state index is 0.00133. The van der Waals surface area contributed by atoms with Gasteiger partial charge >= 0.3 is 6.18 Å². The van der Waals surface area contributed by atoms with Gasteiger partial charge in [0.05, 0.1) is 5.56 Å². The highest BCUT2D eigenvalue weighted by Crippen LogP contribution is 2.38. The smallest absolute Gasteiger partial charge is 0.416 e. The fourth-order valence-electron chi connectivity index (χ4n) is 4.19. The van der Waals surface area contributed by atoms with Gasteiger partial charge in [0.1, 0.15) is 12.4 Å². The number of nitrogens with zero attached hydrogens (tertiary/aromatic N) is 2. The summed E-state index contributed by atoms with van der Waals surface area (Å²) in [5.74, 6) is 0.284. The molecule has 1 fully saturated rings. The van der Waals surface area contributed by atoms with Crippen LogP contribution >= 0.6 is 0 Å². The SMILES string of the molecule is Cc1c(OCC2(CC3CCCCC3)N=C(N)N(C)C2=O)cccc1C(F)(F)F. The lowest BCUT2D eigenvalue weighted by atomic mass is 9.79. The molecule has 8 heteroatoms. The highest BCUT2D eigenvalue weighted by molar-refractivity contribution is 6.06. The lowest BCUT2D eigenvalue weighted by Gasteiger charge is -2.31. The van der Waals surface area contributed by atoms with Crippen molar-refractivity contribution in [1.29, 1.82) is 0 Å². The standard InChI is InChI=1S/C20H26F3N3O2/c1-13-15(20(21,22)23)9-6-10-16(13)28-12-19(11-14-7-4-3-5-8-14)17(27)26(2)18(24)25-19/h6,9-10,14H,3-5,7-8,11-12H2,1-2H3,(H2,24,25). The minimum Gasteiger partial charge on any atom is -0.490 e. The van der Waals surface area contributed by atoms with Gasteiger partial charge in [-0.15, -0.1) is 0 Å². The normalized spacial score (nSPS) is 23.8. The number of amides is 1. The van der Waals surface area contributed by atoms with Crippen molar-refractivity contribution in [3.63, 3.8) is 0 Å². The average Bonchev–Trinajstić information content (AvgIpc) is 2.85. The third-order valence-electron chi connectivity index (χ3n) is 5.78. The topological polar surface area (TPSA) is 67.9 Å². The number of ether oxygens (including phenoxy) is 1. The van der Waals surface area contributed by atoms with Crippen molar-refractivity contribution in [3.05, 3.63) is 29.3 Å². The van der Waals surface area contributed by atoms with Crippen molar-refractivity contribution in [2.75, 3.05) is 13.7 Å². The molecule has 1 aromatic rings. The van der Waals surface area contributed by atoms with Crippen LogP contribution in [0.3, 0.4) is 0 Å². The Bertz CT molecular complexity index is 772. The number of alkyl halides is 3. The zero-order valence-electron chi connectivity index (χ0n) is 16.2.